The van der Waals surface area contributed by atoms with Crippen LogP contribution in [0.5, 0.6) is 0 Å². The highest BCUT2D eigenvalue weighted by Gasteiger charge is 2.21. The third kappa shape index (κ3) is 2.96. The van der Waals surface area contributed by atoms with Crippen LogP contribution in [-0.4, -0.2) is 10.7 Å². The molecule has 7 nitrogen and oxygen atoms in total. The number of nitriles is 2. The van der Waals surface area contributed by atoms with E-state index in [0.717, 1.165) is 19.3 Å². The Morgan fingerprint density at radius 2 is 1.95 bits per heavy atom. The molecule has 0 radical (unpaired) electrons. The highest BCUT2D eigenvalue weighted by Crippen LogP contribution is 2.24. The van der Waals surface area contributed by atoms with Crippen molar-refractivity contribution in [2.75, 3.05) is 11.2 Å². The van der Waals surface area contributed by atoms with E-state index < -0.39 is 6.03 Å². The van der Waals surface area contributed by atoms with Gasteiger partial charge in [0, 0.05) is 0 Å². The number of nitrogens with one attached hydrogen (secondary N) is 1. The average Bonchev–Trinajstić information content (AvgIpc) is 2.62. The number of hydrogen-bond donors (Lipinski definition) is 3. The lowest BCUT2D eigenvalue weighted by atomic mass is 10.1. The van der Waals surface area contributed by atoms with Gasteiger partial charge >= 0.3 is 6.03 Å². The van der Waals surface area contributed by atoms with Crippen LogP contribution in [0.25, 0.3) is 0 Å². The van der Waals surface area contributed by atoms with E-state index in [0.29, 0.717) is 12.1 Å². The minimum atomic E-state index is -0.799. The van der Waals surface area contributed by atoms with Gasteiger partial charge in [0.15, 0.2) is 0 Å². The molecule has 19 heavy (non-hydrogen) atoms. The van der Waals surface area contributed by atoms with Gasteiger partial charge in [0.2, 0.25) is 0 Å². The lowest BCUT2D eigenvalue weighted by Crippen LogP contribution is -2.30. The third-order valence-corrected chi connectivity index (χ3v) is 2.77. The van der Waals surface area contributed by atoms with E-state index in [1.54, 1.807) is 0 Å². The van der Waals surface area contributed by atoms with Gasteiger partial charge < -0.3 is 11.5 Å². The monoisotopic (exact) mass is 260 g/mol. The lowest BCUT2D eigenvalue weighted by molar-refractivity contribution is 0.257. The highest BCUT2D eigenvalue weighted by molar-refractivity contribution is 5.81. The number of hydrogen-bond acceptors (Lipinski definition) is 4. The van der Waals surface area contributed by atoms with E-state index in [1.807, 2.05) is 12.1 Å². The summed E-state index contributed by atoms with van der Waals surface area (Å²) >= 11 is 0. The van der Waals surface area contributed by atoms with Crippen molar-refractivity contribution in [1.82, 2.24) is 4.68 Å². The fourth-order valence-corrected chi connectivity index (χ4v) is 1.89. The van der Waals surface area contributed by atoms with Gasteiger partial charge in [-0.15, -0.1) is 0 Å². The second-order valence-electron chi connectivity index (χ2n) is 4.07. The average molecular weight is 260 g/mol. The number of nitrogens with zero attached hydrogens (tertiary/aromatic N) is 3. The van der Waals surface area contributed by atoms with Gasteiger partial charge in [0.05, 0.1) is 11.3 Å². The standard InChI is InChI=1S/C12H16N6O/c1-2-3-4-5-10-8(6-13)9(7-14)11(15)18(10)17-12(16)19/h2-5,15H2,1H3,(H3,16,17,19). The molecule has 0 saturated carbocycles. The number of primary amides is 1. The van der Waals surface area contributed by atoms with E-state index in [1.165, 1.54) is 4.68 Å². The number of nitrogen functional groups attached to an aromatic ring is 1. The maximum absolute atomic E-state index is 11.0. The molecule has 5 N–H and O–H groups in total. The number of unbranched alkanes of at least 4 members (excludes halogenated alkanes) is 2. The van der Waals surface area contributed by atoms with Crippen molar-refractivity contribution in [3.8, 4) is 12.1 Å². The highest BCUT2D eigenvalue weighted by atomic mass is 16.2. The maximum atomic E-state index is 11.0. The number of carbonyl (C=O) groups is 1. The number of amides is 2. The molecule has 0 unspecified atom stereocenters. The summed E-state index contributed by atoms with van der Waals surface area (Å²) in [5.41, 5.74) is 13.9. The molecule has 1 rings (SSSR count). The normalized spacial score (nSPS) is 9.63. The van der Waals surface area contributed by atoms with Gasteiger partial charge in [0.1, 0.15) is 23.5 Å². The van der Waals surface area contributed by atoms with Crippen LogP contribution >= 0.6 is 0 Å². The molecule has 0 aliphatic heterocycles. The van der Waals surface area contributed by atoms with Gasteiger partial charge in [-0.3, -0.25) is 0 Å². The van der Waals surface area contributed by atoms with Crippen LogP contribution in [0.1, 0.15) is 43.0 Å². The van der Waals surface area contributed by atoms with Crippen LogP contribution in [0.4, 0.5) is 10.6 Å². The summed E-state index contributed by atoms with van der Waals surface area (Å²) in [6, 6.07) is 3.04. The number of anilines is 1. The summed E-state index contributed by atoms with van der Waals surface area (Å²) in [6.45, 7) is 2.06. The third-order valence-electron chi connectivity index (χ3n) is 2.77. The first-order valence-electron chi connectivity index (χ1n) is 5.96. The molecule has 0 bridgehead atoms. The predicted molar refractivity (Wildman–Crippen MR) is 70.4 cm³/mol. The minimum Gasteiger partial charge on any atom is -0.383 e. The van der Waals surface area contributed by atoms with Crippen LogP contribution in [-0.2, 0) is 6.42 Å². The summed E-state index contributed by atoms with van der Waals surface area (Å²) in [7, 11) is 0. The molecule has 1 heterocycles. The summed E-state index contributed by atoms with van der Waals surface area (Å²) in [6.07, 6.45) is 3.38. The summed E-state index contributed by atoms with van der Waals surface area (Å²) in [4.78, 5) is 11.0. The van der Waals surface area contributed by atoms with Crippen LogP contribution < -0.4 is 16.9 Å². The van der Waals surface area contributed by atoms with Crippen LogP contribution in [0.15, 0.2) is 0 Å². The molecule has 0 aromatic carbocycles. The Kier molecular flexibility index (Phi) is 4.78. The lowest BCUT2D eigenvalue weighted by Gasteiger charge is -2.10. The fraction of sp³-hybridized carbons (Fsp3) is 0.417. The Balaban J connectivity index is 3.26. The zero-order chi connectivity index (χ0) is 14.4. The van der Waals surface area contributed by atoms with E-state index >= 15 is 0 Å². The van der Waals surface area contributed by atoms with Crippen LogP contribution in [0.2, 0.25) is 0 Å². The van der Waals surface area contributed by atoms with Crippen molar-refractivity contribution in [3.63, 3.8) is 0 Å². The Labute approximate surface area is 111 Å². The van der Waals surface area contributed by atoms with Crippen molar-refractivity contribution in [2.45, 2.75) is 32.6 Å². The summed E-state index contributed by atoms with van der Waals surface area (Å²) in [5.74, 6) is 0.0318. The molecule has 0 spiro atoms. The molecule has 0 atom stereocenters. The van der Waals surface area contributed by atoms with Gasteiger partial charge in [-0.2, -0.15) is 10.5 Å². The van der Waals surface area contributed by atoms with Crippen LogP contribution in [0.3, 0.4) is 0 Å². The van der Waals surface area contributed by atoms with Crippen molar-refractivity contribution in [3.05, 3.63) is 16.8 Å². The van der Waals surface area contributed by atoms with Crippen LogP contribution in [0, 0.1) is 22.7 Å². The largest absolute Gasteiger partial charge is 0.383 e. The Hall–Kier alpha value is -2.67. The van der Waals surface area contributed by atoms with Gasteiger partial charge in [0.25, 0.3) is 0 Å². The number of carbonyl (C=O) groups excluding carboxylic acids is 1. The molecular formula is C12H16N6O. The van der Waals surface area contributed by atoms with Crippen molar-refractivity contribution >= 4 is 11.8 Å². The first-order chi connectivity index (χ1) is 9.06. The smallest absolute Gasteiger partial charge is 0.331 e. The molecule has 0 saturated heterocycles. The van der Waals surface area contributed by atoms with Gasteiger partial charge in [-0.05, 0) is 12.8 Å². The Bertz CT molecular complexity index is 560. The fourth-order valence-electron chi connectivity index (χ4n) is 1.89. The molecule has 2 amide bonds. The first-order valence-corrected chi connectivity index (χ1v) is 5.96. The molecule has 1 aromatic heterocycles. The van der Waals surface area contributed by atoms with E-state index in [-0.39, 0.29) is 16.9 Å². The van der Waals surface area contributed by atoms with Gasteiger partial charge in [-0.25, -0.2) is 14.9 Å². The minimum absolute atomic E-state index is 0.0318. The summed E-state index contributed by atoms with van der Waals surface area (Å²) < 4.78 is 1.23. The van der Waals surface area contributed by atoms with Gasteiger partial charge in [-0.1, -0.05) is 19.8 Å². The Morgan fingerprint density at radius 3 is 2.42 bits per heavy atom. The number of aromatic nitrogens is 1. The molecule has 0 aliphatic carbocycles. The Morgan fingerprint density at radius 1 is 1.32 bits per heavy atom. The van der Waals surface area contributed by atoms with Crippen molar-refractivity contribution < 1.29 is 4.79 Å². The zero-order valence-corrected chi connectivity index (χ0v) is 10.7. The zero-order valence-electron chi connectivity index (χ0n) is 10.7. The molecule has 100 valence electrons. The second kappa shape index (κ2) is 6.31. The number of urea groups is 1. The SMILES string of the molecule is CCCCCc1c(C#N)c(C#N)c(N)n1NC(N)=O. The molecule has 1 aromatic rings. The van der Waals surface area contributed by atoms with E-state index in [2.05, 4.69) is 12.3 Å². The maximum Gasteiger partial charge on any atom is 0.331 e. The molecule has 0 fully saturated rings. The number of rotatable bonds is 5. The molecule has 0 aliphatic rings. The first kappa shape index (κ1) is 14.4. The molecule has 7 heteroatoms. The quantitative estimate of drug-likeness (QED) is 0.685. The van der Waals surface area contributed by atoms with Crippen molar-refractivity contribution in [1.29, 1.82) is 10.5 Å². The molecular weight excluding hydrogens is 244 g/mol. The van der Waals surface area contributed by atoms with E-state index in [9.17, 15) is 4.79 Å². The predicted octanol–water partition coefficient (Wildman–Crippen LogP) is 1.17. The number of nitrogens with two attached hydrogens (primary N) is 2. The van der Waals surface area contributed by atoms with Crippen molar-refractivity contribution in [2.24, 2.45) is 5.73 Å². The second-order valence-corrected chi connectivity index (χ2v) is 4.07. The summed E-state index contributed by atoms with van der Waals surface area (Å²) in [5, 5.41) is 18.2. The van der Waals surface area contributed by atoms with E-state index in [4.69, 9.17) is 22.0 Å². The topological polar surface area (TPSA) is 134 Å².